The lowest BCUT2D eigenvalue weighted by atomic mass is 10.0. The lowest BCUT2D eigenvalue weighted by Gasteiger charge is -2.12. The van der Waals surface area contributed by atoms with E-state index >= 15 is 0 Å². The summed E-state index contributed by atoms with van der Waals surface area (Å²) in [5.41, 5.74) is 5.01. The molecule has 106 valence electrons. The second-order valence-corrected chi connectivity index (χ2v) is 6.21. The number of aryl methyl sites for hydroxylation is 2. The molecule has 0 aliphatic rings. The molecular weight excluding hydrogens is 322 g/mol. The summed E-state index contributed by atoms with van der Waals surface area (Å²) in [5, 5.41) is 6.15. The number of anilines is 1. The number of halogens is 1. The van der Waals surface area contributed by atoms with Crippen molar-refractivity contribution in [3.05, 3.63) is 75.8 Å². The second-order valence-electron chi connectivity index (χ2n) is 5.42. The Morgan fingerprint density at radius 2 is 1.57 bits per heavy atom. The van der Waals surface area contributed by atoms with Gasteiger partial charge in [-0.1, -0.05) is 58.4 Å². The molecule has 0 saturated carbocycles. The molecule has 0 radical (unpaired) electrons. The van der Waals surface area contributed by atoms with Gasteiger partial charge >= 0.3 is 0 Å². The van der Waals surface area contributed by atoms with E-state index in [-0.39, 0.29) is 0 Å². The van der Waals surface area contributed by atoms with Crippen LogP contribution < -0.4 is 5.32 Å². The first kappa shape index (κ1) is 14.2. The fourth-order valence-corrected chi connectivity index (χ4v) is 2.92. The van der Waals surface area contributed by atoms with Gasteiger partial charge in [0.2, 0.25) is 0 Å². The van der Waals surface area contributed by atoms with Crippen LogP contribution in [-0.4, -0.2) is 0 Å². The Balaban J connectivity index is 1.87. The largest absolute Gasteiger partial charge is 0.381 e. The van der Waals surface area contributed by atoms with Crippen molar-refractivity contribution in [1.82, 2.24) is 0 Å². The number of benzene rings is 3. The first-order valence-corrected chi connectivity index (χ1v) is 7.92. The maximum atomic E-state index is 3.61. The van der Waals surface area contributed by atoms with Crippen molar-refractivity contribution < 1.29 is 0 Å². The highest BCUT2D eigenvalue weighted by molar-refractivity contribution is 9.10. The van der Waals surface area contributed by atoms with Crippen molar-refractivity contribution in [2.24, 2.45) is 0 Å². The van der Waals surface area contributed by atoms with Gasteiger partial charge in [0.25, 0.3) is 0 Å². The molecule has 0 aromatic heterocycles. The third kappa shape index (κ3) is 2.96. The number of hydrogen-bond donors (Lipinski definition) is 1. The predicted octanol–water partition coefficient (Wildman–Crippen LogP) is 5.83. The summed E-state index contributed by atoms with van der Waals surface area (Å²) in [4.78, 5) is 0. The Hall–Kier alpha value is -1.80. The molecule has 21 heavy (non-hydrogen) atoms. The first-order valence-electron chi connectivity index (χ1n) is 7.12. The lowest BCUT2D eigenvalue weighted by Crippen LogP contribution is -2.01. The highest BCUT2D eigenvalue weighted by Crippen LogP contribution is 2.26. The molecule has 3 aromatic carbocycles. The van der Waals surface area contributed by atoms with Crippen molar-refractivity contribution in [2.45, 2.75) is 20.4 Å². The highest BCUT2D eigenvalue weighted by Gasteiger charge is 2.04. The highest BCUT2D eigenvalue weighted by atomic mass is 79.9. The van der Waals surface area contributed by atoms with Gasteiger partial charge in [-0.3, -0.25) is 0 Å². The molecule has 1 N–H and O–H groups in total. The van der Waals surface area contributed by atoms with Gasteiger partial charge in [0, 0.05) is 16.7 Å². The molecule has 0 fully saturated rings. The second kappa shape index (κ2) is 5.90. The molecule has 0 saturated heterocycles. The molecule has 0 spiro atoms. The van der Waals surface area contributed by atoms with Crippen molar-refractivity contribution in [3.8, 4) is 0 Å². The quantitative estimate of drug-likeness (QED) is 0.632. The van der Waals surface area contributed by atoms with E-state index in [2.05, 4.69) is 89.7 Å². The molecule has 0 unspecified atom stereocenters. The molecule has 0 aliphatic heterocycles. The van der Waals surface area contributed by atoms with E-state index in [0.717, 1.165) is 6.54 Å². The summed E-state index contributed by atoms with van der Waals surface area (Å²) in [6, 6.07) is 19.4. The molecular formula is C19H18BrN. The first-order chi connectivity index (χ1) is 10.1. The van der Waals surface area contributed by atoms with E-state index in [1.807, 2.05) is 0 Å². The average Bonchev–Trinajstić information content (AvgIpc) is 2.50. The van der Waals surface area contributed by atoms with E-state index in [1.165, 1.54) is 37.6 Å². The van der Waals surface area contributed by atoms with Gasteiger partial charge in [0.05, 0.1) is 0 Å². The van der Waals surface area contributed by atoms with E-state index in [9.17, 15) is 0 Å². The number of hydrogen-bond acceptors (Lipinski definition) is 1. The van der Waals surface area contributed by atoms with Gasteiger partial charge in [-0.25, -0.2) is 0 Å². The van der Waals surface area contributed by atoms with Crippen molar-refractivity contribution in [3.63, 3.8) is 0 Å². The van der Waals surface area contributed by atoms with Crippen LogP contribution in [0.25, 0.3) is 10.8 Å². The SMILES string of the molecule is Cc1cc(NCc2cccc3ccccc23)cc(C)c1Br. The van der Waals surface area contributed by atoms with E-state index in [4.69, 9.17) is 0 Å². The summed E-state index contributed by atoms with van der Waals surface area (Å²) < 4.78 is 1.19. The molecule has 3 aromatic rings. The molecule has 0 bridgehead atoms. The molecule has 0 amide bonds. The van der Waals surface area contributed by atoms with Gasteiger partial charge in [-0.05, 0) is 53.4 Å². The summed E-state index contributed by atoms with van der Waals surface area (Å²) in [6.07, 6.45) is 0. The number of fused-ring (bicyclic) bond motifs is 1. The number of rotatable bonds is 3. The minimum Gasteiger partial charge on any atom is -0.381 e. The van der Waals surface area contributed by atoms with E-state index in [0.29, 0.717) is 0 Å². The minimum absolute atomic E-state index is 0.835. The van der Waals surface area contributed by atoms with Crippen LogP contribution in [0.3, 0.4) is 0 Å². The molecule has 2 heteroatoms. The zero-order chi connectivity index (χ0) is 14.8. The van der Waals surface area contributed by atoms with E-state index < -0.39 is 0 Å². The van der Waals surface area contributed by atoms with Gasteiger partial charge in [0.15, 0.2) is 0 Å². The van der Waals surface area contributed by atoms with Crippen LogP contribution in [0.5, 0.6) is 0 Å². The van der Waals surface area contributed by atoms with Crippen LogP contribution in [0.2, 0.25) is 0 Å². The van der Waals surface area contributed by atoms with Crippen LogP contribution in [0, 0.1) is 13.8 Å². The van der Waals surface area contributed by atoms with Crippen LogP contribution >= 0.6 is 15.9 Å². The Morgan fingerprint density at radius 3 is 2.33 bits per heavy atom. The van der Waals surface area contributed by atoms with Crippen molar-refractivity contribution in [1.29, 1.82) is 0 Å². The third-order valence-corrected chi connectivity index (χ3v) is 5.05. The van der Waals surface area contributed by atoms with Gasteiger partial charge in [-0.2, -0.15) is 0 Å². The number of nitrogens with one attached hydrogen (secondary N) is 1. The smallest absolute Gasteiger partial charge is 0.0406 e. The van der Waals surface area contributed by atoms with Crippen LogP contribution in [-0.2, 0) is 6.54 Å². The fourth-order valence-electron chi connectivity index (χ4n) is 2.69. The lowest BCUT2D eigenvalue weighted by molar-refractivity contribution is 1.16. The van der Waals surface area contributed by atoms with Gasteiger partial charge in [0.1, 0.15) is 0 Å². The molecule has 1 nitrogen and oxygen atoms in total. The molecule has 0 atom stereocenters. The monoisotopic (exact) mass is 339 g/mol. The standard InChI is InChI=1S/C19H18BrN/c1-13-10-17(11-14(2)19(13)20)21-12-16-8-5-7-15-6-3-4-9-18(15)16/h3-11,21H,12H2,1-2H3. The summed E-state index contributed by atoms with van der Waals surface area (Å²) in [6.45, 7) is 5.09. The molecule has 0 aliphatic carbocycles. The van der Waals surface area contributed by atoms with Gasteiger partial charge in [-0.15, -0.1) is 0 Å². The Labute approximate surface area is 134 Å². The van der Waals surface area contributed by atoms with Crippen LogP contribution in [0.4, 0.5) is 5.69 Å². The maximum absolute atomic E-state index is 3.61. The average molecular weight is 340 g/mol. The molecule has 0 heterocycles. The topological polar surface area (TPSA) is 12.0 Å². The fraction of sp³-hybridized carbons (Fsp3) is 0.158. The normalized spacial score (nSPS) is 10.8. The Kier molecular flexibility index (Phi) is 3.98. The van der Waals surface area contributed by atoms with Gasteiger partial charge < -0.3 is 5.32 Å². The zero-order valence-electron chi connectivity index (χ0n) is 12.3. The van der Waals surface area contributed by atoms with E-state index in [1.54, 1.807) is 0 Å². The predicted molar refractivity (Wildman–Crippen MR) is 94.9 cm³/mol. The summed E-state index contributed by atoms with van der Waals surface area (Å²) in [5.74, 6) is 0. The van der Waals surface area contributed by atoms with Crippen molar-refractivity contribution in [2.75, 3.05) is 5.32 Å². The maximum Gasteiger partial charge on any atom is 0.0406 e. The Morgan fingerprint density at radius 1 is 0.905 bits per heavy atom. The van der Waals surface area contributed by atoms with Crippen molar-refractivity contribution >= 4 is 32.4 Å². The summed E-state index contributed by atoms with van der Waals surface area (Å²) in [7, 11) is 0. The Bertz CT molecular complexity index is 764. The minimum atomic E-state index is 0.835. The van der Waals surface area contributed by atoms with Crippen LogP contribution in [0.1, 0.15) is 16.7 Å². The van der Waals surface area contributed by atoms with Crippen LogP contribution in [0.15, 0.2) is 59.1 Å². The molecule has 3 rings (SSSR count). The zero-order valence-corrected chi connectivity index (χ0v) is 13.9. The summed E-state index contributed by atoms with van der Waals surface area (Å²) >= 11 is 3.61. The third-order valence-electron chi connectivity index (χ3n) is 3.80.